The second-order valence-corrected chi connectivity index (χ2v) is 9.15. The van der Waals surface area contributed by atoms with Gasteiger partial charge in [0.25, 0.3) is 5.91 Å². The number of carbonyl (C=O) groups excluding carboxylic acids is 2. The summed E-state index contributed by atoms with van der Waals surface area (Å²) in [7, 11) is 3.04. The third kappa shape index (κ3) is 6.08. The van der Waals surface area contributed by atoms with Gasteiger partial charge in [-0.25, -0.2) is 0 Å². The highest BCUT2D eigenvalue weighted by Crippen LogP contribution is 2.36. The first-order valence-corrected chi connectivity index (χ1v) is 11.4. The van der Waals surface area contributed by atoms with Crippen LogP contribution in [-0.2, 0) is 4.79 Å². The first kappa shape index (κ1) is 24.6. The molecule has 2 unspecified atom stereocenters. The van der Waals surface area contributed by atoms with Gasteiger partial charge in [-0.05, 0) is 66.6 Å². The Morgan fingerprint density at radius 1 is 1.09 bits per heavy atom. The van der Waals surface area contributed by atoms with E-state index in [4.69, 9.17) is 21.1 Å². The number of rotatable bonds is 6. The number of hydrogen-bond acceptors (Lipinski definition) is 4. The Kier molecular flexibility index (Phi) is 8.03. The first-order valence-electron chi connectivity index (χ1n) is 11.0. The van der Waals surface area contributed by atoms with Gasteiger partial charge in [0.15, 0.2) is 11.5 Å². The van der Waals surface area contributed by atoms with Crippen molar-refractivity contribution < 1.29 is 19.1 Å². The van der Waals surface area contributed by atoms with E-state index in [0.717, 1.165) is 25.1 Å². The molecule has 3 rings (SSSR count). The molecule has 6 nitrogen and oxygen atoms in total. The molecule has 1 aliphatic heterocycles. The van der Waals surface area contributed by atoms with Gasteiger partial charge in [-0.15, -0.1) is 0 Å². The van der Waals surface area contributed by atoms with E-state index < -0.39 is 0 Å². The molecule has 1 N–H and O–H groups in total. The Hall–Kier alpha value is -2.99. The standard InChI is InChI=1S/C26H31ClN2O4/c1-16-10-17(2)15-29(14-16)26(31)20-8-6-18(3)22(13-20)28-24(30)9-7-19-11-21(27)25(33-5)23(12-19)32-4/h6-9,11-13,16-17H,10,14-15H2,1-5H3,(H,28,30)/b9-7+. The molecule has 1 saturated heterocycles. The normalized spacial score (nSPS) is 18.3. The van der Waals surface area contributed by atoms with E-state index in [-0.39, 0.29) is 11.8 Å². The molecule has 2 aromatic rings. The van der Waals surface area contributed by atoms with Gasteiger partial charge in [-0.2, -0.15) is 0 Å². The van der Waals surface area contributed by atoms with Crippen molar-refractivity contribution in [1.29, 1.82) is 0 Å². The van der Waals surface area contributed by atoms with Gasteiger partial charge in [-0.3, -0.25) is 9.59 Å². The Labute approximate surface area is 200 Å². The highest BCUT2D eigenvalue weighted by molar-refractivity contribution is 6.32. The zero-order valence-corrected chi connectivity index (χ0v) is 20.5. The molecule has 1 aliphatic rings. The number of methoxy groups -OCH3 is 2. The predicted molar refractivity (Wildman–Crippen MR) is 132 cm³/mol. The quantitative estimate of drug-likeness (QED) is 0.571. The van der Waals surface area contributed by atoms with Crippen molar-refractivity contribution in [2.45, 2.75) is 27.2 Å². The van der Waals surface area contributed by atoms with Crippen molar-refractivity contribution in [1.82, 2.24) is 4.90 Å². The molecule has 1 fully saturated rings. The number of piperidine rings is 1. The van der Waals surface area contributed by atoms with Crippen LogP contribution in [-0.4, -0.2) is 44.0 Å². The molecule has 0 aromatic heterocycles. The zero-order chi connectivity index (χ0) is 24.1. The summed E-state index contributed by atoms with van der Waals surface area (Å²) in [6.07, 6.45) is 4.19. The maximum absolute atomic E-state index is 13.1. The third-order valence-electron chi connectivity index (χ3n) is 5.78. The minimum absolute atomic E-state index is 0.000546. The molecule has 1 heterocycles. The van der Waals surface area contributed by atoms with E-state index in [0.29, 0.717) is 45.2 Å². The molecule has 7 heteroatoms. The van der Waals surface area contributed by atoms with E-state index >= 15 is 0 Å². The minimum Gasteiger partial charge on any atom is -0.493 e. The smallest absolute Gasteiger partial charge is 0.253 e. The van der Waals surface area contributed by atoms with Crippen LogP contribution >= 0.6 is 11.6 Å². The summed E-state index contributed by atoms with van der Waals surface area (Å²) in [6.45, 7) is 7.76. The lowest BCUT2D eigenvalue weighted by Crippen LogP contribution is -2.42. The van der Waals surface area contributed by atoms with Crippen molar-refractivity contribution in [3.05, 3.63) is 58.1 Å². The number of amides is 2. The fraction of sp³-hybridized carbons (Fsp3) is 0.385. The molecule has 176 valence electrons. The molecule has 2 atom stereocenters. The van der Waals surface area contributed by atoms with Crippen LogP contribution in [0.3, 0.4) is 0 Å². The number of nitrogens with zero attached hydrogens (tertiary/aromatic N) is 1. The lowest BCUT2D eigenvalue weighted by molar-refractivity contribution is -0.111. The number of benzene rings is 2. The summed E-state index contributed by atoms with van der Waals surface area (Å²) < 4.78 is 10.5. The average Bonchev–Trinajstić information content (AvgIpc) is 2.77. The van der Waals surface area contributed by atoms with Gasteiger partial charge in [0, 0.05) is 30.4 Å². The summed E-state index contributed by atoms with van der Waals surface area (Å²) in [6, 6.07) is 8.86. The largest absolute Gasteiger partial charge is 0.493 e. The lowest BCUT2D eigenvalue weighted by atomic mass is 9.91. The fourth-order valence-corrected chi connectivity index (χ4v) is 4.58. The van der Waals surface area contributed by atoms with Crippen molar-refractivity contribution in [2.75, 3.05) is 32.6 Å². The Morgan fingerprint density at radius 3 is 2.42 bits per heavy atom. The number of anilines is 1. The van der Waals surface area contributed by atoms with Crippen LogP contribution in [0.2, 0.25) is 5.02 Å². The third-order valence-corrected chi connectivity index (χ3v) is 6.06. The van der Waals surface area contributed by atoms with Crippen LogP contribution in [0, 0.1) is 18.8 Å². The highest BCUT2D eigenvalue weighted by Gasteiger charge is 2.26. The van der Waals surface area contributed by atoms with Gasteiger partial charge >= 0.3 is 0 Å². The second kappa shape index (κ2) is 10.8. The molecule has 2 aromatic carbocycles. The van der Waals surface area contributed by atoms with Crippen LogP contribution in [0.4, 0.5) is 5.69 Å². The van der Waals surface area contributed by atoms with E-state index in [2.05, 4.69) is 19.2 Å². The molecule has 0 radical (unpaired) electrons. The molecule has 2 amide bonds. The van der Waals surface area contributed by atoms with E-state index in [1.165, 1.54) is 20.3 Å². The SMILES string of the molecule is COc1cc(/C=C/C(=O)Nc2cc(C(=O)N3CC(C)CC(C)C3)ccc2C)cc(Cl)c1OC. The zero-order valence-electron chi connectivity index (χ0n) is 19.8. The Morgan fingerprint density at radius 2 is 1.79 bits per heavy atom. The summed E-state index contributed by atoms with van der Waals surface area (Å²) in [5.74, 6) is 1.58. The summed E-state index contributed by atoms with van der Waals surface area (Å²) in [5.41, 5.74) is 2.76. The van der Waals surface area contributed by atoms with Crippen molar-refractivity contribution in [3.8, 4) is 11.5 Å². The number of likely N-dealkylation sites (tertiary alicyclic amines) is 1. The highest BCUT2D eigenvalue weighted by atomic mass is 35.5. The maximum atomic E-state index is 13.1. The van der Waals surface area contributed by atoms with Gasteiger partial charge in [0.05, 0.1) is 19.2 Å². The molecule has 33 heavy (non-hydrogen) atoms. The van der Waals surface area contributed by atoms with E-state index in [9.17, 15) is 9.59 Å². The van der Waals surface area contributed by atoms with E-state index in [1.54, 1.807) is 24.3 Å². The number of halogens is 1. The lowest BCUT2D eigenvalue weighted by Gasteiger charge is -2.35. The molecule has 0 spiro atoms. The average molecular weight is 471 g/mol. The topological polar surface area (TPSA) is 67.9 Å². The fourth-order valence-electron chi connectivity index (χ4n) is 4.28. The van der Waals surface area contributed by atoms with Crippen molar-refractivity contribution in [3.63, 3.8) is 0 Å². The molecular formula is C26H31ClN2O4. The van der Waals surface area contributed by atoms with Crippen LogP contribution in [0.15, 0.2) is 36.4 Å². The van der Waals surface area contributed by atoms with Gasteiger partial charge in [-0.1, -0.05) is 31.5 Å². The van der Waals surface area contributed by atoms with Crippen LogP contribution in [0.5, 0.6) is 11.5 Å². The Bertz CT molecular complexity index is 1060. The van der Waals surface area contributed by atoms with Crippen LogP contribution in [0.25, 0.3) is 6.08 Å². The van der Waals surface area contributed by atoms with Gasteiger partial charge in [0.1, 0.15) is 0 Å². The number of carbonyl (C=O) groups is 2. The second-order valence-electron chi connectivity index (χ2n) is 8.75. The van der Waals surface area contributed by atoms with Crippen LogP contribution < -0.4 is 14.8 Å². The minimum atomic E-state index is -0.311. The molecule has 0 bridgehead atoms. The number of aryl methyl sites for hydroxylation is 1. The number of nitrogens with one attached hydrogen (secondary N) is 1. The summed E-state index contributed by atoms with van der Waals surface area (Å²) >= 11 is 6.23. The monoisotopic (exact) mass is 470 g/mol. The predicted octanol–water partition coefficient (Wildman–Crippen LogP) is 5.44. The van der Waals surface area contributed by atoms with E-state index in [1.807, 2.05) is 24.0 Å². The number of ether oxygens (including phenoxy) is 2. The van der Waals surface area contributed by atoms with Gasteiger partial charge < -0.3 is 19.7 Å². The Balaban J connectivity index is 1.74. The van der Waals surface area contributed by atoms with Gasteiger partial charge in [0.2, 0.25) is 5.91 Å². The molecule has 0 aliphatic carbocycles. The molecular weight excluding hydrogens is 440 g/mol. The van der Waals surface area contributed by atoms with Crippen molar-refractivity contribution in [2.24, 2.45) is 11.8 Å². The van der Waals surface area contributed by atoms with Crippen LogP contribution in [0.1, 0.15) is 41.8 Å². The molecule has 0 saturated carbocycles. The first-order chi connectivity index (χ1) is 15.7. The summed E-state index contributed by atoms with van der Waals surface area (Å²) in [5, 5.41) is 3.27. The maximum Gasteiger partial charge on any atom is 0.253 e. The van der Waals surface area contributed by atoms with Crippen molar-refractivity contribution >= 4 is 35.2 Å². The number of hydrogen-bond donors (Lipinski definition) is 1. The summed E-state index contributed by atoms with van der Waals surface area (Å²) in [4.78, 5) is 27.6.